The summed E-state index contributed by atoms with van der Waals surface area (Å²) < 4.78 is 20.0. The molecule has 1 aliphatic heterocycles. The van der Waals surface area contributed by atoms with Crippen LogP contribution in [0.1, 0.15) is 12.8 Å². The van der Waals surface area contributed by atoms with Crippen LogP contribution in [0.3, 0.4) is 0 Å². The molecule has 4 aromatic heterocycles. The lowest BCUT2D eigenvalue weighted by molar-refractivity contribution is -0.695. The van der Waals surface area contributed by atoms with Crippen molar-refractivity contribution in [2.75, 3.05) is 29.4 Å². The predicted octanol–water partition coefficient (Wildman–Crippen LogP) is 5.72. The Bertz CT molecular complexity index is 2430. The first-order valence-corrected chi connectivity index (χ1v) is 17.9. The Hall–Kier alpha value is -5.22. The summed E-state index contributed by atoms with van der Waals surface area (Å²) in [5.74, 6) is -2.19. The Labute approximate surface area is 325 Å². The number of aromatic nitrogens is 6. The van der Waals surface area contributed by atoms with Crippen LogP contribution in [0.2, 0.25) is 20.1 Å². The number of amides is 1. The van der Waals surface area contributed by atoms with Crippen molar-refractivity contribution in [2.24, 2.45) is 0 Å². The van der Waals surface area contributed by atoms with Crippen molar-refractivity contribution in [1.29, 1.82) is 0 Å². The summed E-state index contributed by atoms with van der Waals surface area (Å²) in [6, 6.07) is 9.20. The van der Waals surface area contributed by atoms with Crippen LogP contribution >= 0.6 is 46.4 Å². The highest BCUT2D eigenvalue weighted by Gasteiger charge is 2.38. The Morgan fingerprint density at radius 1 is 0.944 bits per heavy atom. The van der Waals surface area contributed by atoms with E-state index in [1.165, 1.54) is 4.90 Å². The monoisotopic (exact) mass is 814 g/mol. The first kappa shape index (κ1) is 37.1. The molecular formula is C35H29Cl4FN9O5+. The number of pyridine rings is 2. The van der Waals surface area contributed by atoms with Crippen molar-refractivity contribution >= 4 is 97.7 Å². The fourth-order valence-electron chi connectivity index (χ4n) is 6.39. The number of nitrogens with one attached hydrogen (secondary N) is 1. The zero-order valence-corrected chi connectivity index (χ0v) is 30.9. The lowest BCUT2D eigenvalue weighted by Gasteiger charge is -2.23. The van der Waals surface area contributed by atoms with E-state index in [1.54, 1.807) is 76.9 Å². The minimum absolute atomic E-state index is 0.0777. The van der Waals surface area contributed by atoms with Gasteiger partial charge in [-0.05, 0) is 24.3 Å². The van der Waals surface area contributed by atoms with Gasteiger partial charge >= 0.3 is 11.9 Å². The third-order valence-corrected chi connectivity index (χ3v) is 10.5. The first-order chi connectivity index (χ1) is 25.9. The molecule has 19 heteroatoms. The Morgan fingerprint density at radius 3 is 2.28 bits per heavy atom. The van der Waals surface area contributed by atoms with E-state index >= 15 is 0 Å². The van der Waals surface area contributed by atoms with Crippen LogP contribution in [0.4, 0.5) is 16.0 Å². The third kappa shape index (κ3) is 7.44. The topological polar surface area (TPSA) is 163 Å². The number of rotatable bonds is 12. The van der Waals surface area contributed by atoms with Gasteiger partial charge in [0.1, 0.15) is 48.5 Å². The van der Waals surface area contributed by atoms with Crippen LogP contribution in [0, 0.1) is 0 Å². The molecule has 0 aliphatic carbocycles. The summed E-state index contributed by atoms with van der Waals surface area (Å²) in [6.07, 6.45) is 8.68. The quantitative estimate of drug-likeness (QED) is 0.130. The van der Waals surface area contributed by atoms with Crippen molar-refractivity contribution in [2.45, 2.75) is 31.7 Å². The van der Waals surface area contributed by atoms with Gasteiger partial charge < -0.3 is 29.9 Å². The number of carboxylic acid groups (broad SMARTS) is 2. The van der Waals surface area contributed by atoms with Gasteiger partial charge in [-0.2, -0.15) is 0 Å². The number of anilines is 2. The highest BCUT2D eigenvalue weighted by Crippen LogP contribution is 2.37. The molecule has 7 rings (SSSR count). The van der Waals surface area contributed by atoms with Crippen molar-refractivity contribution in [3.05, 3.63) is 93.9 Å². The van der Waals surface area contributed by atoms with E-state index in [2.05, 4.69) is 15.3 Å². The number of carbonyl (C=O) groups is 3. The molecule has 54 heavy (non-hydrogen) atoms. The third-order valence-electron chi connectivity index (χ3n) is 8.96. The van der Waals surface area contributed by atoms with Crippen LogP contribution < -0.4 is 19.7 Å². The normalized spacial score (nSPS) is 15.6. The number of hydrogen-bond acceptors (Lipinski definition) is 8. The minimum atomic E-state index is -1.36. The number of hydrogen-bond donors (Lipinski definition) is 3. The molecule has 0 bridgehead atoms. The summed E-state index contributed by atoms with van der Waals surface area (Å²) in [4.78, 5) is 52.8. The number of carboxylic acids is 2. The molecule has 0 radical (unpaired) electrons. The molecule has 1 aliphatic rings. The molecule has 0 spiro atoms. The second kappa shape index (κ2) is 15.3. The average Bonchev–Trinajstić information content (AvgIpc) is 3.94. The predicted molar refractivity (Wildman–Crippen MR) is 201 cm³/mol. The second-order valence-corrected chi connectivity index (χ2v) is 14.1. The van der Waals surface area contributed by atoms with Crippen molar-refractivity contribution in [3.8, 4) is 11.4 Å². The van der Waals surface area contributed by atoms with Gasteiger partial charge in [0.2, 0.25) is 12.2 Å². The van der Waals surface area contributed by atoms with Crippen molar-refractivity contribution < 1.29 is 33.6 Å². The molecule has 278 valence electrons. The number of carbonyl (C=O) groups excluding carboxylic acids is 1. The van der Waals surface area contributed by atoms with E-state index in [0.717, 1.165) is 0 Å². The molecule has 2 aromatic carbocycles. The summed E-state index contributed by atoms with van der Waals surface area (Å²) in [7, 11) is 0. The Morgan fingerprint density at radius 2 is 1.63 bits per heavy atom. The van der Waals surface area contributed by atoms with Crippen LogP contribution in [0.15, 0.2) is 73.8 Å². The molecule has 3 N–H and O–H groups in total. The van der Waals surface area contributed by atoms with Crippen molar-refractivity contribution in [1.82, 2.24) is 29.4 Å². The molecule has 6 aromatic rings. The van der Waals surface area contributed by atoms with Gasteiger partial charge in [0, 0.05) is 54.7 Å². The van der Waals surface area contributed by atoms with Gasteiger partial charge in [0.15, 0.2) is 6.67 Å². The fraction of sp³-hybridized carbons (Fsp3) is 0.229. The maximum atomic E-state index is 14.6. The van der Waals surface area contributed by atoms with E-state index in [4.69, 9.17) is 56.5 Å². The summed E-state index contributed by atoms with van der Waals surface area (Å²) in [5, 5.41) is 23.5. The second-order valence-electron chi connectivity index (χ2n) is 12.5. The molecule has 5 heterocycles. The standard InChI is InChI=1S/C35H28Cl4FN9O5/c36-22-3-1-20-24(46-8-6-41-16-46)12-27(43-33(20)31(22)38)48(7-5-29(50)42-14-30(51)52)18-45-9-10-47(17-45)25-13-28(49-15-19(40)11-26(49)35(53)54)44-34-21(25)2-4-23(37)32(34)39/h1-4,6,8-10,12-13,16-17,19,26H,5,7,11,14-15,18H2,(H2-,42,50,51,52,53,54)/p+1/t19-,26+/m1/s1. The highest BCUT2D eigenvalue weighted by atomic mass is 35.5. The molecule has 2 atom stereocenters. The fourth-order valence-corrected chi connectivity index (χ4v) is 7.11. The summed E-state index contributed by atoms with van der Waals surface area (Å²) >= 11 is 26.1. The molecule has 1 fully saturated rings. The van der Waals surface area contributed by atoms with Gasteiger partial charge in [-0.1, -0.05) is 46.4 Å². The number of imidazole rings is 2. The van der Waals surface area contributed by atoms with Gasteiger partial charge in [-0.15, -0.1) is 0 Å². The Kier molecular flexibility index (Phi) is 10.5. The number of fused-ring (bicyclic) bond motifs is 2. The van der Waals surface area contributed by atoms with E-state index in [1.807, 2.05) is 15.5 Å². The average molecular weight is 816 g/mol. The number of halogens is 5. The summed E-state index contributed by atoms with van der Waals surface area (Å²) in [5.41, 5.74) is 1.97. The van der Waals surface area contributed by atoms with Gasteiger partial charge in [0.25, 0.3) is 0 Å². The minimum Gasteiger partial charge on any atom is -0.480 e. The zero-order valence-electron chi connectivity index (χ0n) is 27.9. The first-order valence-electron chi connectivity index (χ1n) is 16.4. The van der Waals surface area contributed by atoms with Gasteiger partial charge in [-0.25, -0.2) is 33.3 Å². The number of nitrogens with zero attached hydrogens (tertiary/aromatic N) is 8. The molecule has 1 saturated heterocycles. The number of aliphatic carboxylic acids is 2. The molecule has 0 saturated carbocycles. The highest BCUT2D eigenvalue weighted by molar-refractivity contribution is 6.45. The molecule has 14 nitrogen and oxygen atoms in total. The lowest BCUT2D eigenvalue weighted by Crippen LogP contribution is -2.44. The van der Waals surface area contributed by atoms with E-state index in [0.29, 0.717) is 44.0 Å². The van der Waals surface area contributed by atoms with E-state index in [-0.39, 0.29) is 53.5 Å². The van der Waals surface area contributed by atoms with Crippen molar-refractivity contribution in [3.63, 3.8) is 0 Å². The molecule has 1 amide bonds. The molecular weight excluding hydrogens is 787 g/mol. The summed E-state index contributed by atoms with van der Waals surface area (Å²) in [6.45, 7) is -0.450. The van der Waals surface area contributed by atoms with E-state index in [9.17, 15) is 23.9 Å². The smallest absolute Gasteiger partial charge is 0.326 e. The Balaban J connectivity index is 1.30. The maximum Gasteiger partial charge on any atom is 0.326 e. The lowest BCUT2D eigenvalue weighted by atomic mass is 10.1. The van der Waals surface area contributed by atoms with Crippen LogP contribution in [0.25, 0.3) is 33.2 Å². The number of benzene rings is 2. The SMILES string of the molecule is O=C(O)CNC(=O)CCN(C[n+]1ccn(-c2cc(N3C[C@H](F)C[C@H]3C(=O)O)nc3c(Cl)c(Cl)ccc23)c1)c1cc(-n2ccnc2)c2ccc(Cl)c(Cl)c2n1. The van der Waals surface area contributed by atoms with Gasteiger partial charge in [-0.3, -0.25) is 9.59 Å². The van der Waals surface area contributed by atoms with Gasteiger partial charge in [0.05, 0.1) is 49.7 Å². The molecule has 0 unspecified atom stereocenters. The van der Waals surface area contributed by atoms with Crippen LogP contribution in [0.5, 0.6) is 0 Å². The van der Waals surface area contributed by atoms with E-state index < -0.39 is 36.6 Å². The zero-order chi connectivity index (χ0) is 38.3. The van der Waals surface area contributed by atoms with Crippen LogP contribution in [-0.2, 0) is 21.1 Å². The van der Waals surface area contributed by atoms with Crippen LogP contribution in [-0.4, -0.2) is 84.0 Å². The maximum absolute atomic E-state index is 14.6. The largest absolute Gasteiger partial charge is 0.480 e. The number of alkyl halides is 1.